The standard InChI is InChI=1S/C17H17N3O2S2/c1-12-16(19-24-18-12)11-22-14-6-3-5-13(9-14)17(21)20(2)10-15-7-4-8-23-15/h3-9H,10-11H2,1-2H3. The van der Waals surface area contributed by atoms with Crippen molar-refractivity contribution in [3.8, 4) is 5.75 Å². The van der Waals surface area contributed by atoms with Gasteiger partial charge in [-0.1, -0.05) is 12.1 Å². The molecule has 0 N–H and O–H groups in total. The summed E-state index contributed by atoms with van der Waals surface area (Å²) in [5.41, 5.74) is 2.31. The van der Waals surface area contributed by atoms with E-state index >= 15 is 0 Å². The first-order valence-corrected chi connectivity index (χ1v) is 9.03. The fourth-order valence-corrected chi connectivity index (χ4v) is 3.49. The highest BCUT2D eigenvalue weighted by atomic mass is 32.1. The lowest BCUT2D eigenvalue weighted by atomic mass is 10.2. The molecule has 2 heterocycles. The van der Waals surface area contributed by atoms with Crippen LogP contribution in [0.1, 0.15) is 26.6 Å². The van der Waals surface area contributed by atoms with Gasteiger partial charge in [-0.2, -0.15) is 8.75 Å². The van der Waals surface area contributed by atoms with Crippen LogP contribution in [0.25, 0.3) is 0 Å². The van der Waals surface area contributed by atoms with Crippen molar-refractivity contribution in [2.75, 3.05) is 7.05 Å². The molecular weight excluding hydrogens is 342 g/mol. The second-order valence-corrected chi connectivity index (χ2v) is 6.91. The molecule has 3 aromatic rings. The molecule has 0 saturated carbocycles. The Morgan fingerprint density at radius 3 is 2.83 bits per heavy atom. The monoisotopic (exact) mass is 359 g/mol. The lowest BCUT2D eigenvalue weighted by Gasteiger charge is -2.16. The van der Waals surface area contributed by atoms with E-state index in [0.717, 1.165) is 16.3 Å². The van der Waals surface area contributed by atoms with E-state index in [1.165, 1.54) is 11.7 Å². The molecule has 0 aliphatic rings. The number of ether oxygens (including phenoxy) is 1. The molecule has 0 aliphatic carbocycles. The Morgan fingerprint density at radius 2 is 2.12 bits per heavy atom. The number of rotatable bonds is 6. The molecule has 0 saturated heterocycles. The first-order chi connectivity index (χ1) is 11.6. The average molecular weight is 359 g/mol. The second-order valence-electron chi connectivity index (χ2n) is 5.35. The Bertz CT molecular complexity index is 815. The average Bonchev–Trinajstić information content (AvgIpc) is 3.24. The molecule has 124 valence electrons. The van der Waals surface area contributed by atoms with Gasteiger partial charge in [0.1, 0.15) is 18.1 Å². The first-order valence-electron chi connectivity index (χ1n) is 7.42. The van der Waals surface area contributed by atoms with Gasteiger partial charge in [0.25, 0.3) is 5.91 Å². The fraction of sp³-hybridized carbons (Fsp3) is 0.235. The van der Waals surface area contributed by atoms with Crippen molar-refractivity contribution in [2.24, 2.45) is 0 Å². The summed E-state index contributed by atoms with van der Waals surface area (Å²) in [5.74, 6) is 0.623. The Kier molecular flexibility index (Phi) is 5.22. The van der Waals surface area contributed by atoms with E-state index in [0.29, 0.717) is 24.5 Å². The van der Waals surface area contributed by atoms with Gasteiger partial charge in [0.15, 0.2) is 0 Å². The minimum absolute atomic E-state index is 0.0274. The molecule has 24 heavy (non-hydrogen) atoms. The van der Waals surface area contributed by atoms with Gasteiger partial charge in [-0.25, -0.2) is 0 Å². The maximum Gasteiger partial charge on any atom is 0.254 e. The molecule has 0 radical (unpaired) electrons. The predicted octanol–water partition coefficient (Wildman–Crippen LogP) is 3.76. The number of aromatic nitrogens is 2. The molecule has 0 fully saturated rings. The van der Waals surface area contributed by atoms with Crippen molar-refractivity contribution in [1.29, 1.82) is 0 Å². The molecule has 0 spiro atoms. The number of amides is 1. The molecule has 2 aromatic heterocycles. The minimum atomic E-state index is -0.0274. The number of hydrogen-bond donors (Lipinski definition) is 0. The van der Waals surface area contributed by atoms with E-state index < -0.39 is 0 Å². The van der Waals surface area contributed by atoms with Gasteiger partial charge < -0.3 is 9.64 Å². The third-order valence-corrected chi connectivity index (χ3v) is 5.04. The van der Waals surface area contributed by atoms with Gasteiger partial charge in [0.05, 0.1) is 24.0 Å². The molecule has 0 aliphatic heterocycles. The quantitative estimate of drug-likeness (QED) is 0.672. The van der Waals surface area contributed by atoms with Gasteiger partial charge in [0.2, 0.25) is 0 Å². The highest BCUT2D eigenvalue weighted by molar-refractivity contribution is 7.09. The largest absolute Gasteiger partial charge is 0.487 e. The number of aryl methyl sites for hydroxylation is 1. The summed E-state index contributed by atoms with van der Waals surface area (Å²) in [6.07, 6.45) is 0. The van der Waals surface area contributed by atoms with Crippen LogP contribution in [-0.4, -0.2) is 26.6 Å². The summed E-state index contributed by atoms with van der Waals surface area (Å²) >= 11 is 2.82. The van der Waals surface area contributed by atoms with E-state index in [1.807, 2.05) is 36.6 Å². The van der Waals surface area contributed by atoms with Crippen LogP contribution in [0.15, 0.2) is 41.8 Å². The zero-order chi connectivity index (χ0) is 16.9. The number of carbonyl (C=O) groups is 1. The zero-order valence-electron chi connectivity index (χ0n) is 13.4. The SMILES string of the molecule is Cc1nsnc1COc1cccc(C(=O)N(C)Cc2cccs2)c1. The highest BCUT2D eigenvalue weighted by Crippen LogP contribution is 2.18. The van der Waals surface area contributed by atoms with Crippen molar-refractivity contribution < 1.29 is 9.53 Å². The van der Waals surface area contributed by atoms with Crippen molar-refractivity contribution in [3.05, 3.63) is 63.6 Å². The van der Waals surface area contributed by atoms with Crippen LogP contribution in [0.5, 0.6) is 5.75 Å². The first kappa shape index (κ1) is 16.6. The molecular formula is C17H17N3O2S2. The summed E-state index contributed by atoms with van der Waals surface area (Å²) in [7, 11) is 1.81. The van der Waals surface area contributed by atoms with Gasteiger partial charge >= 0.3 is 0 Å². The van der Waals surface area contributed by atoms with Gasteiger partial charge in [0, 0.05) is 17.5 Å². The fourth-order valence-electron chi connectivity index (χ4n) is 2.18. The number of hydrogen-bond acceptors (Lipinski definition) is 6. The molecule has 0 unspecified atom stereocenters. The van der Waals surface area contributed by atoms with E-state index in [1.54, 1.807) is 35.4 Å². The van der Waals surface area contributed by atoms with E-state index in [2.05, 4.69) is 8.75 Å². The van der Waals surface area contributed by atoms with E-state index in [-0.39, 0.29) is 5.91 Å². The Balaban J connectivity index is 1.65. The van der Waals surface area contributed by atoms with Gasteiger partial charge in [-0.3, -0.25) is 4.79 Å². The molecule has 3 rings (SSSR count). The predicted molar refractivity (Wildman–Crippen MR) is 95.5 cm³/mol. The number of benzene rings is 1. The lowest BCUT2D eigenvalue weighted by Crippen LogP contribution is -2.25. The van der Waals surface area contributed by atoms with Crippen LogP contribution in [0.2, 0.25) is 0 Å². The van der Waals surface area contributed by atoms with Crippen LogP contribution < -0.4 is 4.74 Å². The van der Waals surface area contributed by atoms with E-state index in [4.69, 9.17) is 4.74 Å². The third-order valence-electron chi connectivity index (χ3n) is 3.52. The zero-order valence-corrected chi connectivity index (χ0v) is 15.1. The molecule has 1 amide bonds. The van der Waals surface area contributed by atoms with Crippen molar-refractivity contribution in [3.63, 3.8) is 0 Å². The number of thiophene rings is 1. The molecule has 0 bridgehead atoms. The highest BCUT2D eigenvalue weighted by Gasteiger charge is 2.13. The maximum atomic E-state index is 12.6. The van der Waals surface area contributed by atoms with Crippen LogP contribution in [-0.2, 0) is 13.2 Å². The Hall–Kier alpha value is -2.25. The van der Waals surface area contributed by atoms with Crippen molar-refractivity contribution in [2.45, 2.75) is 20.1 Å². The van der Waals surface area contributed by atoms with Gasteiger partial charge in [-0.05, 0) is 36.6 Å². The molecule has 5 nitrogen and oxygen atoms in total. The summed E-state index contributed by atoms with van der Waals surface area (Å²) in [4.78, 5) is 15.4. The molecule has 7 heteroatoms. The minimum Gasteiger partial charge on any atom is -0.487 e. The summed E-state index contributed by atoms with van der Waals surface area (Å²) in [5, 5.41) is 2.01. The van der Waals surface area contributed by atoms with Crippen LogP contribution >= 0.6 is 23.1 Å². The van der Waals surface area contributed by atoms with E-state index in [9.17, 15) is 4.79 Å². The van der Waals surface area contributed by atoms with Crippen molar-refractivity contribution in [1.82, 2.24) is 13.6 Å². The maximum absolute atomic E-state index is 12.6. The van der Waals surface area contributed by atoms with Crippen LogP contribution in [0.3, 0.4) is 0 Å². The van der Waals surface area contributed by atoms with Crippen molar-refractivity contribution >= 4 is 29.0 Å². The normalized spacial score (nSPS) is 10.6. The Labute approximate surface area is 148 Å². The second kappa shape index (κ2) is 7.55. The number of nitrogens with zero attached hydrogens (tertiary/aromatic N) is 3. The summed E-state index contributed by atoms with van der Waals surface area (Å²) < 4.78 is 14.1. The smallest absolute Gasteiger partial charge is 0.254 e. The van der Waals surface area contributed by atoms with Gasteiger partial charge in [-0.15, -0.1) is 11.3 Å². The lowest BCUT2D eigenvalue weighted by molar-refractivity contribution is 0.0786. The summed E-state index contributed by atoms with van der Waals surface area (Å²) in [6, 6.07) is 11.2. The van der Waals surface area contributed by atoms with Crippen LogP contribution in [0, 0.1) is 6.92 Å². The summed E-state index contributed by atoms with van der Waals surface area (Å²) in [6.45, 7) is 2.86. The molecule has 1 aromatic carbocycles. The van der Waals surface area contributed by atoms with Crippen LogP contribution in [0.4, 0.5) is 0 Å². The Morgan fingerprint density at radius 1 is 1.25 bits per heavy atom. The molecule has 0 atom stereocenters. The topological polar surface area (TPSA) is 55.3 Å². The number of carbonyl (C=O) groups excluding carboxylic acids is 1. The third kappa shape index (κ3) is 3.98.